The van der Waals surface area contributed by atoms with Crippen molar-refractivity contribution in [3.8, 4) is 0 Å². The Morgan fingerprint density at radius 3 is 2.38 bits per heavy atom. The van der Waals surface area contributed by atoms with Crippen molar-refractivity contribution in [2.75, 3.05) is 6.54 Å². The number of nitrogens with one attached hydrogen (secondary N) is 1. The van der Waals surface area contributed by atoms with E-state index in [1.165, 1.54) is 0 Å². The molecule has 0 radical (unpaired) electrons. The smallest absolute Gasteiger partial charge is 0.306 e. The number of hydrogen-bond donors (Lipinski definition) is 3. The largest absolute Gasteiger partial charge is 0.481 e. The molecule has 0 aliphatic heterocycles. The fraction of sp³-hybridized carbons (Fsp3) is 0.500. The number of rotatable bonds is 5. The van der Waals surface area contributed by atoms with E-state index in [4.69, 9.17) is 10.8 Å². The van der Waals surface area contributed by atoms with Gasteiger partial charge in [0.2, 0.25) is 5.91 Å². The van der Waals surface area contributed by atoms with Crippen molar-refractivity contribution in [2.45, 2.75) is 31.7 Å². The van der Waals surface area contributed by atoms with Crippen molar-refractivity contribution in [3.63, 3.8) is 0 Å². The van der Waals surface area contributed by atoms with Gasteiger partial charge in [-0.1, -0.05) is 30.3 Å². The van der Waals surface area contributed by atoms with Gasteiger partial charge < -0.3 is 16.2 Å². The van der Waals surface area contributed by atoms with Crippen LogP contribution in [0.15, 0.2) is 30.3 Å². The van der Waals surface area contributed by atoms with Crippen LogP contribution in [0.25, 0.3) is 0 Å². The van der Waals surface area contributed by atoms with Crippen LogP contribution in [-0.2, 0) is 9.59 Å². The summed E-state index contributed by atoms with van der Waals surface area (Å²) in [6.07, 6.45) is 3.08. The summed E-state index contributed by atoms with van der Waals surface area (Å²) >= 11 is 0. The highest BCUT2D eigenvalue weighted by atomic mass is 16.4. The van der Waals surface area contributed by atoms with E-state index in [1.54, 1.807) is 0 Å². The molecule has 1 atom stereocenters. The fourth-order valence-corrected chi connectivity index (χ4v) is 2.78. The Hall–Kier alpha value is -1.88. The number of benzene rings is 1. The van der Waals surface area contributed by atoms with Gasteiger partial charge in [0.25, 0.3) is 0 Å². The predicted molar refractivity (Wildman–Crippen MR) is 79.5 cm³/mol. The molecule has 21 heavy (non-hydrogen) atoms. The van der Waals surface area contributed by atoms with Gasteiger partial charge in [0, 0.05) is 6.54 Å². The zero-order chi connectivity index (χ0) is 15.2. The first-order valence-corrected chi connectivity index (χ1v) is 7.39. The average Bonchev–Trinajstić information content (AvgIpc) is 2.53. The summed E-state index contributed by atoms with van der Waals surface area (Å²) in [4.78, 5) is 22.9. The molecule has 5 nitrogen and oxygen atoms in total. The molecular weight excluding hydrogens is 268 g/mol. The lowest BCUT2D eigenvalue weighted by atomic mass is 9.82. The molecule has 1 saturated carbocycles. The van der Waals surface area contributed by atoms with Crippen molar-refractivity contribution in [3.05, 3.63) is 35.9 Å². The number of hydrogen-bond acceptors (Lipinski definition) is 3. The highest BCUT2D eigenvalue weighted by Gasteiger charge is 2.26. The Bertz CT molecular complexity index is 482. The molecule has 1 fully saturated rings. The second-order valence-corrected chi connectivity index (χ2v) is 5.69. The Balaban J connectivity index is 1.76. The molecule has 1 aliphatic rings. The summed E-state index contributed by atoms with van der Waals surface area (Å²) in [6.45, 7) is 0.575. The van der Waals surface area contributed by atoms with E-state index >= 15 is 0 Å². The maximum atomic E-state index is 12.0. The van der Waals surface area contributed by atoms with Gasteiger partial charge in [-0.05, 0) is 37.2 Å². The monoisotopic (exact) mass is 290 g/mol. The van der Waals surface area contributed by atoms with Crippen molar-refractivity contribution >= 4 is 11.9 Å². The first kappa shape index (κ1) is 15.5. The molecule has 5 heteroatoms. The average molecular weight is 290 g/mol. The first-order valence-electron chi connectivity index (χ1n) is 7.39. The topological polar surface area (TPSA) is 92.4 Å². The minimum absolute atomic E-state index is 0.179. The number of nitrogens with two attached hydrogens (primary N) is 1. The van der Waals surface area contributed by atoms with Crippen LogP contribution in [0.3, 0.4) is 0 Å². The number of carbonyl (C=O) groups is 2. The van der Waals surface area contributed by atoms with Gasteiger partial charge in [0.05, 0.1) is 5.92 Å². The second kappa shape index (κ2) is 7.22. The molecule has 114 valence electrons. The number of carbonyl (C=O) groups excluding carboxylic acids is 1. The summed E-state index contributed by atoms with van der Waals surface area (Å²) in [5.74, 6) is -0.749. The highest BCUT2D eigenvalue weighted by Crippen LogP contribution is 2.28. The van der Waals surface area contributed by atoms with Crippen LogP contribution in [0.5, 0.6) is 0 Å². The minimum atomic E-state index is -0.705. The standard InChI is InChI=1S/C16H22N2O3/c17-14(12-4-2-1-3-5-12)15(19)18-10-11-6-8-13(9-7-11)16(20)21/h1-5,11,13-14H,6-10,17H2,(H,18,19)(H,20,21)/t11?,13?,14-/m1/s1. The third-order valence-corrected chi connectivity index (χ3v) is 4.20. The van der Waals surface area contributed by atoms with Crippen molar-refractivity contribution < 1.29 is 14.7 Å². The normalized spacial score (nSPS) is 23.3. The molecular formula is C16H22N2O3. The predicted octanol–water partition coefficient (Wildman–Crippen LogP) is 1.69. The Kier molecular flexibility index (Phi) is 5.33. The minimum Gasteiger partial charge on any atom is -0.481 e. The van der Waals surface area contributed by atoms with E-state index in [0.29, 0.717) is 25.3 Å². The van der Waals surface area contributed by atoms with E-state index in [9.17, 15) is 9.59 Å². The van der Waals surface area contributed by atoms with E-state index in [2.05, 4.69) is 5.32 Å². The SMILES string of the molecule is N[C@@H](C(=O)NCC1CCC(C(=O)O)CC1)c1ccccc1. The van der Waals surface area contributed by atoms with Crippen LogP contribution in [0.1, 0.15) is 37.3 Å². The maximum absolute atomic E-state index is 12.0. The van der Waals surface area contributed by atoms with Gasteiger partial charge in [-0.3, -0.25) is 9.59 Å². The number of carboxylic acid groups (broad SMARTS) is 1. The first-order chi connectivity index (χ1) is 10.1. The molecule has 2 rings (SSSR count). The highest BCUT2D eigenvalue weighted by molar-refractivity contribution is 5.82. The van der Waals surface area contributed by atoms with Gasteiger partial charge >= 0.3 is 5.97 Å². The molecule has 1 aromatic rings. The van der Waals surface area contributed by atoms with Crippen LogP contribution in [0.2, 0.25) is 0 Å². The molecule has 0 aromatic heterocycles. The van der Waals surface area contributed by atoms with Gasteiger partial charge in [-0.15, -0.1) is 0 Å². The molecule has 0 spiro atoms. The van der Waals surface area contributed by atoms with Crippen molar-refractivity contribution in [1.29, 1.82) is 0 Å². The third-order valence-electron chi connectivity index (χ3n) is 4.20. The van der Waals surface area contributed by atoms with E-state index in [-0.39, 0.29) is 11.8 Å². The molecule has 0 heterocycles. The van der Waals surface area contributed by atoms with Crippen LogP contribution < -0.4 is 11.1 Å². The van der Waals surface area contributed by atoms with E-state index < -0.39 is 12.0 Å². The van der Waals surface area contributed by atoms with E-state index in [1.807, 2.05) is 30.3 Å². The Morgan fingerprint density at radius 1 is 1.19 bits per heavy atom. The molecule has 1 amide bonds. The zero-order valence-electron chi connectivity index (χ0n) is 12.0. The molecule has 0 unspecified atom stereocenters. The van der Waals surface area contributed by atoms with Crippen LogP contribution in [0, 0.1) is 11.8 Å². The molecule has 4 N–H and O–H groups in total. The zero-order valence-corrected chi connectivity index (χ0v) is 12.0. The van der Waals surface area contributed by atoms with Crippen LogP contribution in [0.4, 0.5) is 0 Å². The fourth-order valence-electron chi connectivity index (χ4n) is 2.78. The Labute approximate surface area is 124 Å². The summed E-state index contributed by atoms with van der Waals surface area (Å²) in [5, 5.41) is 11.8. The Morgan fingerprint density at radius 2 is 1.81 bits per heavy atom. The summed E-state index contributed by atoms with van der Waals surface area (Å²) < 4.78 is 0. The molecule has 1 aromatic carbocycles. The summed E-state index contributed by atoms with van der Waals surface area (Å²) in [7, 11) is 0. The lowest BCUT2D eigenvalue weighted by Crippen LogP contribution is -2.38. The molecule has 1 aliphatic carbocycles. The van der Waals surface area contributed by atoms with Crippen molar-refractivity contribution in [2.24, 2.45) is 17.6 Å². The van der Waals surface area contributed by atoms with Gasteiger partial charge in [-0.2, -0.15) is 0 Å². The number of carboxylic acids is 1. The quantitative estimate of drug-likeness (QED) is 0.769. The molecule has 0 bridgehead atoms. The van der Waals surface area contributed by atoms with Gasteiger partial charge in [0.1, 0.15) is 6.04 Å². The number of amides is 1. The molecule has 0 saturated heterocycles. The number of aliphatic carboxylic acids is 1. The van der Waals surface area contributed by atoms with Crippen LogP contribution in [-0.4, -0.2) is 23.5 Å². The van der Waals surface area contributed by atoms with Crippen LogP contribution >= 0.6 is 0 Å². The second-order valence-electron chi connectivity index (χ2n) is 5.69. The maximum Gasteiger partial charge on any atom is 0.306 e. The lowest BCUT2D eigenvalue weighted by Gasteiger charge is -2.26. The summed E-state index contributed by atoms with van der Waals surface area (Å²) in [6, 6.07) is 8.62. The van der Waals surface area contributed by atoms with Crippen molar-refractivity contribution in [1.82, 2.24) is 5.32 Å². The lowest BCUT2D eigenvalue weighted by molar-refractivity contribution is -0.143. The summed E-state index contributed by atoms with van der Waals surface area (Å²) in [5.41, 5.74) is 6.72. The van der Waals surface area contributed by atoms with Gasteiger partial charge in [-0.25, -0.2) is 0 Å². The van der Waals surface area contributed by atoms with E-state index in [0.717, 1.165) is 18.4 Å². The third kappa shape index (κ3) is 4.29. The van der Waals surface area contributed by atoms with Gasteiger partial charge in [0.15, 0.2) is 0 Å².